The lowest BCUT2D eigenvalue weighted by Crippen LogP contribution is -2.01. The van der Waals surface area contributed by atoms with Gasteiger partial charge < -0.3 is 4.74 Å². The van der Waals surface area contributed by atoms with E-state index >= 15 is 0 Å². The van der Waals surface area contributed by atoms with Crippen molar-refractivity contribution in [3.05, 3.63) is 78.5 Å². The Kier molecular flexibility index (Phi) is 4.19. The second-order valence-corrected chi connectivity index (χ2v) is 5.96. The molecule has 0 aliphatic rings. The van der Waals surface area contributed by atoms with Gasteiger partial charge in [-0.05, 0) is 55.5 Å². The van der Waals surface area contributed by atoms with Gasteiger partial charge in [0, 0.05) is 17.4 Å². The van der Waals surface area contributed by atoms with E-state index in [-0.39, 0.29) is 0 Å². The van der Waals surface area contributed by atoms with Crippen molar-refractivity contribution in [1.29, 1.82) is 0 Å². The maximum absolute atomic E-state index is 5.25. The van der Waals surface area contributed by atoms with E-state index in [2.05, 4.69) is 46.4 Å². The minimum Gasteiger partial charge on any atom is -0.497 e. The minimum atomic E-state index is 0.709. The Balaban J connectivity index is 1.91. The van der Waals surface area contributed by atoms with Gasteiger partial charge in [0.15, 0.2) is 11.6 Å². The Hall–Kier alpha value is -3.47. The molecular formula is C21H18N4O. The van der Waals surface area contributed by atoms with Crippen molar-refractivity contribution >= 4 is 0 Å². The van der Waals surface area contributed by atoms with Gasteiger partial charge in [0.25, 0.3) is 0 Å². The highest BCUT2D eigenvalue weighted by molar-refractivity contribution is 5.65. The van der Waals surface area contributed by atoms with Crippen LogP contribution in [0.5, 0.6) is 5.75 Å². The summed E-state index contributed by atoms with van der Waals surface area (Å²) in [4.78, 5) is 4.44. The Morgan fingerprint density at radius 2 is 1.54 bits per heavy atom. The number of ether oxygens (including phenoxy) is 1. The van der Waals surface area contributed by atoms with E-state index in [0.29, 0.717) is 5.82 Å². The predicted molar refractivity (Wildman–Crippen MR) is 101 cm³/mol. The van der Waals surface area contributed by atoms with Gasteiger partial charge in [0.2, 0.25) is 0 Å². The molecular weight excluding hydrogens is 324 g/mol. The zero-order valence-corrected chi connectivity index (χ0v) is 14.6. The largest absolute Gasteiger partial charge is 0.497 e. The fourth-order valence-electron chi connectivity index (χ4n) is 2.81. The standard InChI is InChI=1S/C21H18N4O/c1-15-6-10-17(11-7-15)25-20(16-8-12-18(26-2)13-9-16)23-24-21(25)19-5-3-4-14-22-19/h3-14H,1-2H3. The molecule has 0 saturated carbocycles. The summed E-state index contributed by atoms with van der Waals surface area (Å²) in [5, 5.41) is 8.87. The van der Waals surface area contributed by atoms with Gasteiger partial charge >= 0.3 is 0 Å². The molecule has 0 aliphatic heterocycles. The Morgan fingerprint density at radius 3 is 2.19 bits per heavy atom. The number of hydrogen-bond acceptors (Lipinski definition) is 4. The van der Waals surface area contributed by atoms with Crippen molar-refractivity contribution in [2.75, 3.05) is 7.11 Å². The lowest BCUT2D eigenvalue weighted by molar-refractivity contribution is 0.415. The summed E-state index contributed by atoms with van der Waals surface area (Å²) in [6.45, 7) is 2.07. The van der Waals surface area contributed by atoms with Crippen molar-refractivity contribution in [1.82, 2.24) is 19.7 Å². The minimum absolute atomic E-state index is 0.709. The normalized spacial score (nSPS) is 10.7. The third-order valence-corrected chi connectivity index (χ3v) is 4.20. The molecule has 5 heteroatoms. The van der Waals surface area contributed by atoms with Crippen LogP contribution in [0.15, 0.2) is 72.9 Å². The molecule has 5 nitrogen and oxygen atoms in total. The molecule has 0 radical (unpaired) electrons. The van der Waals surface area contributed by atoms with E-state index in [1.165, 1.54) is 5.56 Å². The third-order valence-electron chi connectivity index (χ3n) is 4.20. The molecule has 4 rings (SSSR count). The summed E-state index contributed by atoms with van der Waals surface area (Å²) in [5.74, 6) is 2.28. The van der Waals surface area contributed by atoms with E-state index in [1.807, 2.05) is 47.0 Å². The predicted octanol–water partition coefficient (Wildman–Crippen LogP) is 4.31. The fraction of sp³-hybridized carbons (Fsp3) is 0.0952. The molecule has 0 saturated heterocycles. The molecule has 0 N–H and O–H groups in total. The second-order valence-electron chi connectivity index (χ2n) is 5.96. The molecule has 0 atom stereocenters. The maximum Gasteiger partial charge on any atom is 0.187 e. The monoisotopic (exact) mass is 342 g/mol. The Labute approximate surface area is 151 Å². The summed E-state index contributed by atoms with van der Waals surface area (Å²) in [6, 6.07) is 21.9. The SMILES string of the molecule is COc1ccc(-c2nnc(-c3ccccn3)n2-c2ccc(C)cc2)cc1. The van der Waals surface area contributed by atoms with Crippen molar-refractivity contribution in [2.45, 2.75) is 6.92 Å². The molecule has 0 fully saturated rings. The second kappa shape index (κ2) is 6.80. The zero-order chi connectivity index (χ0) is 17.9. The number of methoxy groups -OCH3 is 1. The van der Waals surface area contributed by atoms with Crippen LogP contribution in [0.25, 0.3) is 28.6 Å². The summed E-state index contributed by atoms with van der Waals surface area (Å²) < 4.78 is 7.29. The molecule has 0 spiro atoms. The third kappa shape index (κ3) is 2.95. The zero-order valence-electron chi connectivity index (χ0n) is 14.6. The molecule has 2 aromatic heterocycles. The van der Waals surface area contributed by atoms with Crippen LogP contribution in [0, 0.1) is 6.92 Å². The number of pyridine rings is 1. The lowest BCUT2D eigenvalue weighted by atomic mass is 10.1. The van der Waals surface area contributed by atoms with E-state index < -0.39 is 0 Å². The van der Waals surface area contributed by atoms with Crippen LogP contribution in [-0.4, -0.2) is 26.9 Å². The van der Waals surface area contributed by atoms with Gasteiger partial charge in [-0.15, -0.1) is 10.2 Å². The van der Waals surface area contributed by atoms with Crippen LogP contribution in [0.4, 0.5) is 0 Å². The molecule has 2 aromatic carbocycles. The first-order valence-electron chi connectivity index (χ1n) is 8.34. The van der Waals surface area contributed by atoms with Gasteiger partial charge in [-0.25, -0.2) is 0 Å². The van der Waals surface area contributed by atoms with Crippen molar-refractivity contribution in [3.8, 4) is 34.3 Å². The summed E-state index contributed by atoms with van der Waals surface area (Å²) >= 11 is 0. The summed E-state index contributed by atoms with van der Waals surface area (Å²) in [6.07, 6.45) is 1.76. The average Bonchev–Trinajstić information content (AvgIpc) is 3.14. The van der Waals surface area contributed by atoms with E-state index in [1.54, 1.807) is 13.3 Å². The van der Waals surface area contributed by atoms with Crippen LogP contribution in [0.2, 0.25) is 0 Å². The van der Waals surface area contributed by atoms with Crippen molar-refractivity contribution < 1.29 is 4.74 Å². The lowest BCUT2D eigenvalue weighted by Gasteiger charge is -2.11. The number of nitrogens with zero attached hydrogens (tertiary/aromatic N) is 4. The van der Waals surface area contributed by atoms with Crippen LogP contribution < -0.4 is 4.74 Å². The molecule has 0 amide bonds. The molecule has 128 valence electrons. The molecule has 0 unspecified atom stereocenters. The number of benzene rings is 2. The summed E-state index contributed by atoms with van der Waals surface area (Å²) in [5.41, 5.74) is 3.93. The molecule has 2 heterocycles. The molecule has 4 aromatic rings. The first kappa shape index (κ1) is 16.0. The van der Waals surface area contributed by atoms with Crippen LogP contribution in [0.1, 0.15) is 5.56 Å². The number of aryl methyl sites for hydroxylation is 1. The van der Waals surface area contributed by atoms with E-state index in [4.69, 9.17) is 4.74 Å². The topological polar surface area (TPSA) is 52.8 Å². The number of aromatic nitrogens is 4. The molecule has 0 aliphatic carbocycles. The van der Waals surface area contributed by atoms with Crippen LogP contribution in [-0.2, 0) is 0 Å². The van der Waals surface area contributed by atoms with Gasteiger partial charge in [0.05, 0.1) is 7.11 Å². The van der Waals surface area contributed by atoms with Crippen molar-refractivity contribution in [3.63, 3.8) is 0 Å². The Bertz CT molecular complexity index is 1010. The molecule has 26 heavy (non-hydrogen) atoms. The van der Waals surface area contributed by atoms with E-state index in [9.17, 15) is 0 Å². The first-order valence-corrected chi connectivity index (χ1v) is 8.34. The van der Waals surface area contributed by atoms with Crippen molar-refractivity contribution in [2.24, 2.45) is 0 Å². The van der Waals surface area contributed by atoms with Gasteiger partial charge in [-0.3, -0.25) is 9.55 Å². The average molecular weight is 342 g/mol. The van der Waals surface area contributed by atoms with Gasteiger partial charge in [0.1, 0.15) is 11.4 Å². The van der Waals surface area contributed by atoms with Crippen LogP contribution in [0.3, 0.4) is 0 Å². The highest BCUT2D eigenvalue weighted by Crippen LogP contribution is 2.28. The quantitative estimate of drug-likeness (QED) is 0.554. The smallest absolute Gasteiger partial charge is 0.187 e. The number of rotatable bonds is 4. The number of hydrogen-bond donors (Lipinski definition) is 0. The first-order chi connectivity index (χ1) is 12.8. The highest BCUT2D eigenvalue weighted by Gasteiger charge is 2.17. The van der Waals surface area contributed by atoms with Gasteiger partial charge in [-0.1, -0.05) is 23.8 Å². The fourth-order valence-corrected chi connectivity index (χ4v) is 2.81. The Morgan fingerprint density at radius 1 is 0.808 bits per heavy atom. The molecule has 0 bridgehead atoms. The van der Waals surface area contributed by atoms with Crippen LogP contribution >= 0.6 is 0 Å². The van der Waals surface area contributed by atoms with Gasteiger partial charge in [-0.2, -0.15) is 0 Å². The van der Waals surface area contributed by atoms with E-state index in [0.717, 1.165) is 28.5 Å². The summed E-state index contributed by atoms with van der Waals surface area (Å²) in [7, 11) is 1.66. The highest BCUT2D eigenvalue weighted by atomic mass is 16.5. The maximum atomic E-state index is 5.25.